The third kappa shape index (κ3) is 5.44. The molecule has 0 fully saturated rings. The fourth-order valence-electron chi connectivity index (χ4n) is 0.281. The second-order valence-corrected chi connectivity index (χ2v) is 2.26. The van der Waals surface area contributed by atoms with Gasteiger partial charge in [0.1, 0.15) is 0 Å². The van der Waals surface area contributed by atoms with Gasteiger partial charge in [0.2, 0.25) is 16.9 Å². The van der Waals surface area contributed by atoms with Gasteiger partial charge in [0, 0.05) is 0 Å². The first kappa shape index (κ1) is 14.3. The van der Waals surface area contributed by atoms with E-state index in [0.717, 1.165) is 10.8 Å². The first-order valence-electron chi connectivity index (χ1n) is 2.25. The van der Waals surface area contributed by atoms with Gasteiger partial charge in [-0.15, -0.1) is 0 Å². The Labute approximate surface area is 80.0 Å². The van der Waals surface area contributed by atoms with Crippen LogP contribution in [0, 0.1) is 11.3 Å². The Kier molecular flexibility index (Phi) is 6.49. The van der Waals surface area contributed by atoms with Gasteiger partial charge in [-0.2, -0.15) is 23.2 Å². The van der Waals surface area contributed by atoms with Crippen molar-refractivity contribution in [2.24, 2.45) is 0 Å². The van der Waals surface area contributed by atoms with Crippen LogP contribution in [0.1, 0.15) is 0 Å². The molecule has 66 valence electrons. The van der Waals surface area contributed by atoms with E-state index in [1.165, 1.54) is 0 Å². The summed E-state index contributed by atoms with van der Waals surface area (Å²) in [5.74, 6) is 0. The van der Waals surface area contributed by atoms with Crippen LogP contribution in [0.5, 0.6) is 0 Å². The standard InChI is InChI=1S/C3H3F3N2O2S.Li.H/c4-3(5,6)2(1-7)8-11(9)10;;/h2,11H,(H,8,9,10);;. The van der Waals surface area contributed by atoms with Gasteiger partial charge >= 0.3 is 25.0 Å². The summed E-state index contributed by atoms with van der Waals surface area (Å²) >= 11 is 0. The zero-order valence-electron chi connectivity index (χ0n) is 4.92. The van der Waals surface area contributed by atoms with Gasteiger partial charge in [0.15, 0.2) is 0 Å². The van der Waals surface area contributed by atoms with Crippen molar-refractivity contribution < 1.29 is 21.6 Å². The Bertz CT molecular complexity index is 237. The van der Waals surface area contributed by atoms with Crippen LogP contribution in [0.3, 0.4) is 0 Å². The fourth-order valence-corrected chi connectivity index (χ4v) is 0.696. The van der Waals surface area contributed by atoms with Crippen molar-refractivity contribution >= 4 is 29.8 Å². The van der Waals surface area contributed by atoms with Gasteiger partial charge in [-0.25, -0.2) is 8.42 Å². The molecule has 9 heteroatoms. The molecule has 0 bridgehead atoms. The van der Waals surface area contributed by atoms with E-state index in [9.17, 15) is 21.6 Å². The van der Waals surface area contributed by atoms with Crippen molar-refractivity contribution in [1.29, 1.82) is 5.26 Å². The van der Waals surface area contributed by atoms with Crippen LogP contribution >= 0.6 is 0 Å². The van der Waals surface area contributed by atoms with E-state index in [-0.39, 0.29) is 18.9 Å². The number of alkyl halides is 3. The number of nitrogens with zero attached hydrogens (tertiary/aromatic N) is 1. The number of nitriles is 1. The number of hydrogen-bond donors (Lipinski definition) is 2. The van der Waals surface area contributed by atoms with Crippen LogP contribution in [0.15, 0.2) is 0 Å². The van der Waals surface area contributed by atoms with E-state index in [1.54, 1.807) is 0 Å². The first-order chi connectivity index (χ1) is 4.88. The molecule has 12 heavy (non-hydrogen) atoms. The predicted octanol–water partition coefficient (Wildman–Crippen LogP) is -1.09. The Hall–Kier alpha value is -0.213. The quantitative estimate of drug-likeness (QED) is 0.435. The number of thiol groups is 1. The van der Waals surface area contributed by atoms with Crippen molar-refractivity contribution in [3.8, 4) is 6.07 Å². The molecule has 0 amide bonds. The third-order valence-electron chi connectivity index (χ3n) is 0.691. The maximum atomic E-state index is 11.5. The molecule has 4 nitrogen and oxygen atoms in total. The summed E-state index contributed by atoms with van der Waals surface area (Å²) in [5.41, 5.74) is 0. The molecule has 0 saturated heterocycles. The average molecular weight is 196 g/mol. The zero-order valence-corrected chi connectivity index (χ0v) is 5.82. The molecule has 0 aliphatic rings. The van der Waals surface area contributed by atoms with Crippen LogP contribution in [0.25, 0.3) is 0 Å². The molecule has 0 saturated carbocycles. The number of nitrogens with one attached hydrogen (secondary N) is 1. The second-order valence-electron chi connectivity index (χ2n) is 1.49. The summed E-state index contributed by atoms with van der Waals surface area (Å²) in [6, 6.07) is -1.90. The molecule has 0 aliphatic heterocycles. The zero-order chi connectivity index (χ0) is 9.07. The number of hydrogen-bond acceptors (Lipinski definition) is 3. The number of rotatable bonds is 2. The van der Waals surface area contributed by atoms with Crippen LogP contribution in [-0.2, 0) is 10.9 Å². The van der Waals surface area contributed by atoms with Crippen LogP contribution < -0.4 is 4.72 Å². The Morgan fingerprint density at radius 3 is 1.92 bits per heavy atom. The summed E-state index contributed by atoms with van der Waals surface area (Å²) in [7, 11) is -3.40. The minimum absolute atomic E-state index is 0. The Balaban J connectivity index is 0. The average Bonchev–Trinajstić information content (AvgIpc) is 1.79. The summed E-state index contributed by atoms with van der Waals surface area (Å²) in [6.07, 6.45) is -4.86. The van der Waals surface area contributed by atoms with Gasteiger partial charge in [0.25, 0.3) is 0 Å². The topological polar surface area (TPSA) is 70.0 Å². The monoisotopic (exact) mass is 196 g/mol. The van der Waals surface area contributed by atoms with Gasteiger partial charge in [-0.3, -0.25) is 0 Å². The fraction of sp³-hybridized carbons (Fsp3) is 0.667. The number of halogens is 3. The van der Waals surface area contributed by atoms with E-state index in [4.69, 9.17) is 5.26 Å². The molecule has 0 heterocycles. The molecular formula is C3H4F3LiN2O2S. The van der Waals surface area contributed by atoms with Gasteiger partial charge in [-0.1, -0.05) is 0 Å². The minimum atomic E-state index is -4.86. The van der Waals surface area contributed by atoms with E-state index in [0.29, 0.717) is 0 Å². The third-order valence-corrected chi connectivity index (χ3v) is 1.16. The SMILES string of the molecule is N#CC(N[SH](=O)=O)C(F)(F)F.[LiH]. The van der Waals surface area contributed by atoms with Gasteiger partial charge in [0.05, 0.1) is 6.07 Å². The molecule has 0 spiro atoms. The molecule has 0 aliphatic carbocycles. The molecule has 0 radical (unpaired) electrons. The van der Waals surface area contributed by atoms with E-state index in [1.807, 2.05) is 0 Å². The van der Waals surface area contributed by atoms with Crippen molar-refractivity contribution in [3.05, 3.63) is 0 Å². The Morgan fingerprint density at radius 1 is 1.42 bits per heavy atom. The Morgan fingerprint density at radius 2 is 1.83 bits per heavy atom. The normalized spacial score (nSPS) is 13.2. The molecule has 0 aromatic carbocycles. The molecule has 0 aromatic rings. The van der Waals surface area contributed by atoms with Gasteiger partial charge < -0.3 is 0 Å². The van der Waals surface area contributed by atoms with E-state index < -0.39 is 23.1 Å². The van der Waals surface area contributed by atoms with Crippen LogP contribution in [0.2, 0.25) is 0 Å². The summed E-state index contributed by atoms with van der Waals surface area (Å²) < 4.78 is 55.0. The van der Waals surface area contributed by atoms with Crippen LogP contribution in [-0.4, -0.2) is 39.5 Å². The molecule has 0 rings (SSSR count). The summed E-state index contributed by atoms with van der Waals surface area (Å²) in [6.45, 7) is 0. The van der Waals surface area contributed by atoms with Crippen molar-refractivity contribution in [1.82, 2.24) is 4.72 Å². The van der Waals surface area contributed by atoms with Crippen molar-refractivity contribution in [3.63, 3.8) is 0 Å². The van der Waals surface area contributed by atoms with E-state index >= 15 is 0 Å². The maximum absolute atomic E-state index is 11.5. The van der Waals surface area contributed by atoms with Gasteiger partial charge in [-0.05, 0) is 0 Å². The molecule has 1 unspecified atom stereocenters. The summed E-state index contributed by atoms with van der Waals surface area (Å²) in [4.78, 5) is 0. The van der Waals surface area contributed by atoms with Crippen molar-refractivity contribution in [2.45, 2.75) is 12.2 Å². The predicted molar refractivity (Wildman–Crippen MR) is 36.1 cm³/mol. The molecule has 1 atom stereocenters. The second kappa shape index (κ2) is 5.44. The molecular weight excluding hydrogens is 192 g/mol. The van der Waals surface area contributed by atoms with Crippen molar-refractivity contribution in [2.75, 3.05) is 0 Å². The van der Waals surface area contributed by atoms with E-state index in [2.05, 4.69) is 0 Å². The first-order valence-corrected chi connectivity index (χ1v) is 3.42. The summed E-state index contributed by atoms with van der Waals surface area (Å²) in [5, 5.41) is 7.81. The molecule has 0 aromatic heterocycles. The van der Waals surface area contributed by atoms with Crippen LogP contribution in [0.4, 0.5) is 13.2 Å². The molecule has 1 N–H and O–H groups in total.